The molecule has 0 aliphatic heterocycles. The Balaban J connectivity index is 2.13. The fourth-order valence-electron chi connectivity index (χ4n) is 2.98. The van der Waals surface area contributed by atoms with Crippen LogP contribution < -0.4 is 10.4 Å². The maximum Gasteiger partial charge on any atom is 0.259 e. The predicted molar refractivity (Wildman–Crippen MR) is 95.1 cm³/mol. The van der Waals surface area contributed by atoms with E-state index in [2.05, 4.69) is 91.0 Å². The van der Waals surface area contributed by atoms with Gasteiger partial charge in [-0.2, -0.15) is 0 Å². The predicted octanol–water partition coefficient (Wildman–Crippen LogP) is 3.17. The van der Waals surface area contributed by atoms with Crippen molar-refractivity contribution in [2.24, 2.45) is 0 Å². The summed E-state index contributed by atoms with van der Waals surface area (Å²) in [6, 6.07) is 32.9. The molecule has 0 heterocycles. The molecule has 0 saturated heterocycles. The van der Waals surface area contributed by atoms with Crippen molar-refractivity contribution < 1.29 is 4.43 Å². The number of rotatable bonds is 5. The van der Waals surface area contributed by atoms with Gasteiger partial charge in [0.2, 0.25) is 0 Å². The van der Waals surface area contributed by atoms with Crippen LogP contribution in [0.5, 0.6) is 0 Å². The summed E-state index contributed by atoms with van der Waals surface area (Å²) >= 11 is 0. The van der Waals surface area contributed by atoms with Gasteiger partial charge in [-0.3, -0.25) is 0 Å². The van der Waals surface area contributed by atoms with Crippen LogP contribution in [-0.2, 0) is 10.5 Å². The Morgan fingerprint density at radius 3 is 1.45 bits per heavy atom. The highest BCUT2D eigenvalue weighted by atomic mass is 28.4. The molecule has 2 heteroatoms. The minimum absolute atomic E-state index is 0.943. The highest BCUT2D eigenvalue weighted by Crippen LogP contribution is 2.14. The monoisotopic (exact) mass is 304 g/mol. The van der Waals surface area contributed by atoms with E-state index < -0.39 is 8.32 Å². The summed E-state index contributed by atoms with van der Waals surface area (Å²) in [7, 11) is -0.406. The van der Waals surface area contributed by atoms with Gasteiger partial charge in [-0.05, 0) is 22.0 Å². The van der Waals surface area contributed by atoms with Crippen molar-refractivity contribution in [3.05, 3.63) is 96.6 Å². The van der Waals surface area contributed by atoms with Crippen LogP contribution in [0, 0.1) is 0 Å². The highest BCUT2D eigenvalue weighted by Gasteiger charge is 2.38. The first-order chi connectivity index (χ1) is 10.8. The van der Waals surface area contributed by atoms with Crippen LogP contribution in [0.15, 0.2) is 91.0 Å². The Bertz CT molecular complexity index is 656. The number of hydrogen-bond acceptors (Lipinski definition) is 1. The van der Waals surface area contributed by atoms with Crippen LogP contribution in [-0.4, -0.2) is 15.4 Å². The van der Waals surface area contributed by atoms with Gasteiger partial charge >= 0.3 is 0 Å². The van der Waals surface area contributed by atoms with Crippen molar-refractivity contribution in [2.75, 3.05) is 7.11 Å². The van der Waals surface area contributed by atoms with Gasteiger partial charge in [0.05, 0.1) is 0 Å². The van der Waals surface area contributed by atoms with Gasteiger partial charge in [0.1, 0.15) is 0 Å². The Hall–Kier alpha value is -2.16. The third kappa shape index (κ3) is 2.89. The van der Waals surface area contributed by atoms with E-state index in [1.807, 2.05) is 7.11 Å². The molecule has 0 aromatic heterocycles. The van der Waals surface area contributed by atoms with Crippen LogP contribution in [0.4, 0.5) is 0 Å². The first kappa shape index (κ1) is 14.8. The van der Waals surface area contributed by atoms with Gasteiger partial charge in [-0.1, -0.05) is 91.0 Å². The lowest BCUT2D eigenvalue weighted by atomic mass is 10.2. The summed E-state index contributed by atoms with van der Waals surface area (Å²) in [5.41, 5.74) is 1.32. The van der Waals surface area contributed by atoms with Crippen LogP contribution in [0.2, 0.25) is 0 Å². The molecule has 0 atom stereocenters. The van der Waals surface area contributed by atoms with E-state index in [0.29, 0.717) is 0 Å². The van der Waals surface area contributed by atoms with Gasteiger partial charge < -0.3 is 4.43 Å². The van der Waals surface area contributed by atoms with E-state index in [1.165, 1.54) is 15.9 Å². The molecule has 0 fully saturated rings. The van der Waals surface area contributed by atoms with Gasteiger partial charge in [0.25, 0.3) is 8.32 Å². The molecule has 0 radical (unpaired) electrons. The summed E-state index contributed by atoms with van der Waals surface area (Å²) < 4.78 is 6.25. The topological polar surface area (TPSA) is 9.23 Å². The molecule has 0 saturated carbocycles. The number of hydrogen-bond donors (Lipinski definition) is 0. The average Bonchev–Trinajstić information content (AvgIpc) is 2.62. The molecule has 0 amide bonds. The largest absolute Gasteiger partial charge is 0.411 e. The minimum Gasteiger partial charge on any atom is -0.411 e. The molecule has 3 aromatic carbocycles. The fraction of sp³-hybridized carbons (Fsp3) is 0.100. The summed E-state index contributed by atoms with van der Waals surface area (Å²) in [5.74, 6) is 0. The third-order valence-corrected chi connectivity index (χ3v) is 8.26. The molecular weight excluding hydrogens is 284 g/mol. The molecule has 0 aliphatic rings. The van der Waals surface area contributed by atoms with Gasteiger partial charge in [0.15, 0.2) is 0 Å². The van der Waals surface area contributed by atoms with Gasteiger partial charge in [0, 0.05) is 7.11 Å². The summed E-state index contributed by atoms with van der Waals surface area (Å²) in [4.78, 5) is 0. The molecule has 22 heavy (non-hydrogen) atoms. The van der Waals surface area contributed by atoms with Crippen LogP contribution in [0.1, 0.15) is 5.56 Å². The van der Waals surface area contributed by atoms with Crippen molar-refractivity contribution in [3.8, 4) is 0 Å². The van der Waals surface area contributed by atoms with E-state index in [9.17, 15) is 0 Å². The van der Waals surface area contributed by atoms with Gasteiger partial charge in [-0.25, -0.2) is 0 Å². The first-order valence-corrected chi connectivity index (χ1v) is 9.67. The Morgan fingerprint density at radius 1 is 0.636 bits per heavy atom. The molecule has 0 spiro atoms. The van der Waals surface area contributed by atoms with E-state index in [0.717, 1.165) is 6.04 Å². The van der Waals surface area contributed by atoms with E-state index in [4.69, 9.17) is 4.43 Å². The Morgan fingerprint density at radius 2 is 1.05 bits per heavy atom. The molecule has 3 aromatic rings. The van der Waals surface area contributed by atoms with Crippen LogP contribution in [0.25, 0.3) is 0 Å². The average molecular weight is 304 g/mol. The van der Waals surface area contributed by atoms with E-state index >= 15 is 0 Å². The minimum atomic E-state index is -2.26. The standard InChI is InChI=1S/C20H20OSi/c1-21-22(19-13-7-3-8-14-19,20-15-9-4-10-16-20)17-18-11-5-2-6-12-18/h2-16H,17H2,1H3. The van der Waals surface area contributed by atoms with Crippen molar-refractivity contribution in [1.82, 2.24) is 0 Å². The fourth-order valence-corrected chi connectivity index (χ4v) is 6.61. The van der Waals surface area contributed by atoms with Crippen LogP contribution >= 0.6 is 0 Å². The SMILES string of the molecule is CO[Si](Cc1ccccc1)(c1ccccc1)c1ccccc1. The summed E-state index contributed by atoms with van der Waals surface area (Å²) in [6.45, 7) is 0. The Kier molecular flexibility index (Phi) is 4.52. The lowest BCUT2D eigenvalue weighted by molar-refractivity contribution is 0.414. The second-order valence-electron chi connectivity index (χ2n) is 5.43. The van der Waals surface area contributed by atoms with Crippen molar-refractivity contribution in [3.63, 3.8) is 0 Å². The first-order valence-electron chi connectivity index (χ1n) is 7.55. The lowest BCUT2D eigenvalue weighted by Gasteiger charge is -2.31. The lowest BCUT2D eigenvalue weighted by Crippen LogP contribution is -2.62. The van der Waals surface area contributed by atoms with Crippen molar-refractivity contribution >= 4 is 18.7 Å². The molecular formula is C20H20OSi. The zero-order valence-corrected chi connectivity index (χ0v) is 13.8. The second kappa shape index (κ2) is 6.73. The van der Waals surface area contributed by atoms with Gasteiger partial charge in [-0.15, -0.1) is 0 Å². The maximum absolute atomic E-state index is 6.25. The summed E-state index contributed by atoms with van der Waals surface area (Å²) in [6.07, 6.45) is 0. The molecule has 0 unspecified atom stereocenters. The maximum atomic E-state index is 6.25. The molecule has 0 aliphatic carbocycles. The quantitative estimate of drug-likeness (QED) is 0.658. The van der Waals surface area contributed by atoms with Crippen molar-refractivity contribution in [2.45, 2.75) is 6.04 Å². The van der Waals surface area contributed by atoms with E-state index in [-0.39, 0.29) is 0 Å². The molecule has 0 N–H and O–H groups in total. The zero-order valence-electron chi connectivity index (χ0n) is 12.8. The number of benzene rings is 3. The molecule has 110 valence electrons. The summed E-state index contributed by atoms with van der Waals surface area (Å²) in [5, 5.41) is 2.63. The third-order valence-electron chi connectivity index (χ3n) is 4.12. The molecule has 1 nitrogen and oxygen atoms in total. The van der Waals surface area contributed by atoms with Crippen LogP contribution in [0.3, 0.4) is 0 Å². The smallest absolute Gasteiger partial charge is 0.259 e. The molecule has 0 bridgehead atoms. The molecule has 3 rings (SSSR count). The Labute approximate surface area is 133 Å². The normalized spacial score (nSPS) is 11.3. The zero-order chi connectivity index (χ0) is 15.3. The van der Waals surface area contributed by atoms with Crippen molar-refractivity contribution in [1.29, 1.82) is 0 Å². The highest BCUT2D eigenvalue weighted by molar-refractivity contribution is 6.97. The second-order valence-corrected chi connectivity index (χ2v) is 9.00. The van der Waals surface area contributed by atoms with E-state index in [1.54, 1.807) is 0 Å².